The van der Waals surface area contributed by atoms with Crippen molar-refractivity contribution >= 4 is 17.7 Å². The van der Waals surface area contributed by atoms with E-state index in [1.54, 1.807) is 0 Å². The third kappa shape index (κ3) is 9.68. The number of nitrogens with one attached hydrogen (secondary N) is 2. The predicted molar refractivity (Wildman–Crippen MR) is 24.5 cm³/mol. The van der Waals surface area contributed by atoms with E-state index in [-0.39, 0.29) is 11.4 Å². The Hall–Kier alpha value is -0.480. The van der Waals surface area contributed by atoms with Gasteiger partial charge in [-0.1, -0.05) is 0 Å². The number of hydrogen-bond donors (Lipinski definition) is 3. The van der Waals surface area contributed by atoms with Crippen molar-refractivity contribution in [2.45, 2.75) is 0 Å². The van der Waals surface area contributed by atoms with Crippen LogP contribution in [0.15, 0.2) is 0 Å². The topological polar surface area (TPSA) is 93.4 Å². The van der Waals surface area contributed by atoms with Crippen LogP contribution in [-0.2, 0) is 0 Å². The highest BCUT2D eigenvalue weighted by molar-refractivity contribution is 6.21. The second kappa shape index (κ2) is 4.52. The first-order valence-electron chi connectivity index (χ1n) is 0.978. The molecule has 0 radical (unpaired) electrons. The van der Waals surface area contributed by atoms with Gasteiger partial charge in [-0.2, -0.15) is 0 Å². The molecular formula is CH6ClN3O. The Morgan fingerprint density at radius 1 is 1.83 bits per heavy atom. The molecular weight excluding hydrogens is 105 g/mol. The van der Waals surface area contributed by atoms with E-state index in [4.69, 9.17) is 17.2 Å². The molecule has 0 aromatic carbocycles. The van der Waals surface area contributed by atoms with Crippen LogP contribution in [-0.4, -0.2) is 11.4 Å². The minimum atomic E-state index is -0.230. The minimum Gasteiger partial charge on any atom is -0.412 e. The summed E-state index contributed by atoms with van der Waals surface area (Å²) in [5, 5.41) is 6.28. The maximum Gasteiger partial charge on any atom is 0.200 e. The molecule has 0 atom stereocenters. The molecule has 5 heteroatoms. The van der Waals surface area contributed by atoms with E-state index in [1.807, 2.05) is 4.84 Å². The Balaban J connectivity index is 0. The summed E-state index contributed by atoms with van der Waals surface area (Å²) in [5.74, 6) is -0.230. The van der Waals surface area contributed by atoms with Crippen LogP contribution in [0.2, 0.25) is 0 Å². The average Bonchev–Trinajstić information content (AvgIpc) is 1.38. The molecule has 0 spiro atoms. The highest BCUT2D eigenvalue weighted by Gasteiger charge is 1.68. The molecule has 0 aromatic rings. The van der Waals surface area contributed by atoms with Crippen molar-refractivity contribution in [1.29, 1.82) is 5.41 Å². The Bertz CT molecular complexity index is 46.1. The third-order valence-electron chi connectivity index (χ3n) is 0.102. The van der Waals surface area contributed by atoms with Gasteiger partial charge in [-0.25, -0.2) is 0 Å². The zero-order chi connectivity index (χ0) is 4.28. The number of guanidine groups is 1. The first-order valence-corrected chi connectivity index (χ1v) is 1.36. The zero-order valence-electron chi connectivity index (χ0n) is 2.96. The van der Waals surface area contributed by atoms with E-state index < -0.39 is 0 Å². The molecule has 0 bridgehead atoms. The number of halogens is 1. The van der Waals surface area contributed by atoms with Gasteiger partial charge in [0.1, 0.15) is 0 Å². The van der Waals surface area contributed by atoms with Gasteiger partial charge in [-0.3, -0.25) is 10.2 Å². The predicted octanol–water partition coefficient (Wildman–Crippen LogP) is -1.20. The minimum absolute atomic E-state index is 0. The maximum atomic E-state index is 6.28. The smallest absolute Gasteiger partial charge is 0.200 e. The Kier molecular flexibility index (Phi) is 6.86. The summed E-state index contributed by atoms with van der Waals surface area (Å²) < 4.78 is 0. The van der Waals surface area contributed by atoms with Crippen LogP contribution in [0.25, 0.3) is 0 Å². The largest absolute Gasteiger partial charge is 0.412 e. The van der Waals surface area contributed by atoms with E-state index in [9.17, 15) is 0 Å². The van der Waals surface area contributed by atoms with E-state index in [2.05, 4.69) is 5.73 Å². The second-order valence-corrected chi connectivity index (χ2v) is 0.697. The SMILES string of the molecule is N=C(N)NCl.O. The number of nitrogens with two attached hydrogens (primary N) is 1. The quantitative estimate of drug-likeness (QED) is 0.208. The van der Waals surface area contributed by atoms with Crippen LogP contribution >= 0.6 is 11.8 Å². The second-order valence-electron chi connectivity index (χ2n) is 0.508. The van der Waals surface area contributed by atoms with E-state index >= 15 is 0 Å². The van der Waals surface area contributed by atoms with Crippen LogP contribution in [0.5, 0.6) is 0 Å². The average molecular weight is 112 g/mol. The van der Waals surface area contributed by atoms with Crippen LogP contribution < -0.4 is 10.6 Å². The fraction of sp³-hybridized carbons (Fsp3) is 0. The van der Waals surface area contributed by atoms with Gasteiger partial charge in [0.05, 0.1) is 0 Å². The summed E-state index contributed by atoms with van der Waals surface area (Å²) >= 11 is 4.74. The van der Waals surface area contributed by atoms with Crippen molar-refractivity contribution < 1.29 is 5.48 Å². The van der Waals surface area contributed by atoms with Crippen molar-refractivity contribution in [3.8, 4) is 0 Å². The zero-order valence-corrected chi connectivity index (χ0v) is 3.71. The molecule has 0 fully saturated rings. The molecule has 6 N–H and O–H groups in total. The summed E-state index contributed by atoms with van der Waals surface area (Å²) in [6.07, 6.45) is 0. The van der Waals surface area contributed by atoms with Gasteiger partial charge in [-0.15, -0.1) is 0 Å². The molecule has 0 heterocycles. The molecule has 0 amide bonds. The van der Waals surface area contributed by atoms with Crippen molar-refractivity contribution in [3.63, 3.8) is 0 Å². The highest BCUT2D eigenvalue weighted by Crippen LogP contribution is 1.50. The van der Waals surface area contributed by atoms with E-state index in [1.165, 1.54) is 0 Å². The first-order chi connectivity index (χ1) is 2.27. The van der Waals surface area contributed by atoms with Gasteiger partial charge in [0.2, 0.25) is 5.96 Å². The van der Waals surface area contributed by atoms with Crippen LogP contribution in [0.4, 0.5) is 0 Å². The van der Waals surface area contributed by atoms with Gasteiger partial charge < -0.3 is 11.2 Å². The summed E-state index contributed by atoms with van der Waals surface area (Å²) in [6, 6.07) is 0. The van der Waals surface area contributed by atoms with Crippen molar-refractivity contribution in [3.05, 3.63) is 0 Å². The monoisotopic (exact) mass is 111 g/mol. The van der Waals surface area contributed by atoms with Crippen LogP contribution in [0, 0.1) is 5.41 Å². The molecule has 4 nitrogen and oxygen atoms in total. The first kappa shape index (κ1) is 9.10. The maximum absolute atomic E-state index is 6.28. The molecule has 0 aliphatic carbocycles. The highest BCUT2D eigenvalue weighted by atomic mass is 35.5. The van der Waals surface area contributed by atoms with E-state index in [0.29, 0.717) is 0 Å². The molecule has 0 saturated heterocycles. The molecule has 0 rings (SSSR count). The fourth-order valence-corrected chi connectivity index (χ4v) is 0. The standard InChI is InChI=1S/CH4ClN3.H2O/c2-5-1(3)4;/h(H4,3,4,5);1H2. The van der Waals surface area contributed by atoms with Gasteiger partial charge in [-0.05, 0) is 0 Å². The van der Waals surface area contributed by atoms with Gasteiger partial charge in [0.15, 0.2) is 0 Å². The number of hydrogen-bond acceptors (Lipinski definition) is 1. The molecule has 6 heavy (non-hydrogen) atoms. The fourth-order valence-electron chi connectivity index (χ4n) is 0. The van der Waals surface area contributed by atoms with Crippen molar-refractivity contribution in [2.24, 2.45) is 5.73 Å². The molecule has 0 aliphatic rings. The lowest BCUT2D eigenvalue weighted by molar-refractivity contribution is 0.824. The lowest BCUT2D eigenvalue weighted by atomic mass is 11.1. The normalized spacial score (nSPS) is 5.50. The van der Waals surface area contributed by atoms with Crippen molar-refractivity contribution in [1.82, 2.24) is 4.84 Å². The Labute approximate surface area is 40.2 Å². The summed E-state index contributed by atoms with van der Waals surface area (Å²) in [5.41, 5.74) is 4.63. The van der Waals surface area contributed by atoms with Crippen molar-refractivity contribution in [2.75, 3.05) is 0 Å². The lowest BCUT2D eigenvalue weighted by Crippen LogP contribution is -2.21. The van der Waals surface area contributed by atoms with Crippen LogP contribution in [0.1, 0.15) is 0 Å². The van der Waals surface area contributed by atoms with Crippen LogP contribution in [0.3, 0.4) is 0 Å². The molecule has 0 aromatic heterocycles. The van der Waals surface area contributed by atoms with Gasteiger partial charge in [0.25, 0.3) is 0 Å². The summed E-state index contributed by atoms with van der Waals surface area (Å²) in [6.45, 7) is 0. The molecule has 38 valence electrons. The van der Waals surface area contributed by atoms with E-state index in [0.717, 1.165) is 0 Å². The molecule has 0 unspecified atom stereocenters. The Morgan fingerprint density at radius 3 is 2.00 bits per heavy atom. The molecule has 0 aliphatic heterocycles. The summed E-state index contributed by atoms with van der Waals surface area (Å²) in [7, 11) is 0. The van der Waals surface area contributed by atoms with Gasteiger partial charge in [0, 0.05) is 11.8 Å². The Morgan fingerprint density at radius 2 is 2.00 bits per heavy atom. The third-order valence-corrected chi connectivity index (χ3v) is 0.305. The number of rotatable bonds is 0. The van der Waals surface area contributed by atoms with Gasteiger partial charge >= 0.3 is 0 Å². The molecule has 0 saturated carbocycles. The lowest BCUT2D eigenvalue weighted by Gasteiger charge is -1.81. The summed E-state index contributed by atoms with van der Waals surface area (Å²) in [4.78, 5) is 1.86.